The van der Waals surface area contributed by atoms with Crippen molar-refractivity contribution in [1.82, 2.24) is 4.98 Å². The summed E-state index contributed by atoms with van der Waals surface area (Å²) >= 11 is 0. The fourth-order valence-electron chi connectivity index (χ4n) is 2.09. The van der Waals surface area contributed by atoms with Crippen molar-refractivity contribution >= 4 is 17.6 Å². The predicted octanol–water partition coefficient (Wildman–Crippen LogP) is 0.734. The molecule has 1 aromatic rings. The number of carboxylic acid groups (broad SMARTS) is 1. The number of carboxylic acids is 1. The third-order valence-electron chi connectivity index (χ3n) is 2.90. The van der Waals surface area contributed by atoms with E-state index in [4.69, 9.17) is 15.6 Å². The molecule has 0 radical (unpaired) electrons. The molecule has 0 amide bonds. The van der Waals surface area contributed by atoms with E-state index in [2.05, 4.69) is 9.88 Å². The van der Waals surface area contributed by atoms with Crippen LogP contribution in [0.5, 0.6) is 0 Å². The number of piperidine rings is 1. The number of ether oxygens (including phenoxy) is 1. The smallest absolute Gasteiger partial charge is 0.329 e. The van der Waals surface area contributed by atoms with Gasteiger partial charge in [-0.05, 0) is 25.0 Å². The first-order valence-corrected chi connectivity index (χ1v) is 5.96. The van der Waals surface area contributed by atoms with Gasteiger partial charge in [0.2, 0.25) is 0 Å². The van der Waals surface area contributed by atoms with Gasteiger partial charge >= 0.3 is 5.97 Å². The number of anilines is 2. The molecule has 3 N–H and O–H groups in total. The maximum absolute atomic E-state index is 10.5. The number of pyridine rings is 1. The van der Waals surface area contributed by atoms with Crippen molar-refractivity contribution < 1.29 is 14.6 Å². The minimum absolute atomic E-state index is 0.0573. The normalized spacial score (nSPS) is 19.8. The number of hydrogen-bond donors (Lipinski definition) is 2. The summed E-state index contributed by atoms with van der Waals surface area (Å²) in [7, 11) is 0. The quantitative estimate of drug-likeness (QED) is 0.820. The van der Waals surface area contributed by atoms with Crippen molar-refractivity contribution in [2.75, 3.05) is 30.3 Å². The second-order valence-corrected chi connectivity index (χ2v) is 4.34. The molecule has 1 atom stereocenters. The van der Waals surface area contributed by atoms with E-state index in [1.54, 1.807) is 6.07 Å². The van der Waals surface area contributed by atoms with E-state index in [1.807, 2.05) is 12.1 Å². The maximum atomic E-state index is 10.5. The van der Waals surface area contributed by atoms with Crippen molar-refractivity contribution in [1.29, 1.82) is 0 Å². The summed E-state index contributed by atoms with van der Waals surface area (Å²) in [5.41, 5.74) is 5.65. The summed E-state index contributed by atoms with van der Waals surface area (Å²) in [4.78, 5) is 16.8. The Hall–Kier alpha value is -1.82. The molecule has 2 heterocycles. The molecule has 0 aromatic carbocycles. The average Bonchev–Trinajstić information content (AvgIpc) is 2.37. The Kier molecular flexibility index (Phi) is 3.99. The SMILES string of the molecule is Nc1cccc(N2CCC[C@H](OCC(=O)O)C2)n1. The number of rotatable bonds is 4. The minimum atomic E-state index is -0.936. The van der Waals surface area contributed by atoms with E-state index in [1.165, 1.54) is 0 Å². The Morgan fingerprint density at radius 3 is 3.17 bits per heavy atom. The van der Waals surface area contributed by atoms with Crippen molar-refractivity contribution in [3.05, 3.63) is 18.2 Å². The lowest BCUT2D eigenvalue weighted by Gasteiger charge is -2.33. The molecule has 2 rings (SSSR count). The van der Waals surface area contributed by atoms with Crippen molar-refractivity contribution in [2.45, 2.75) is 18.9 Å². The van der Waals surface area contributed by atoms with E-state index in [9.17, 15) is 4.79 Å². The molecule has 0 saturated carbocycles. The number of carbonyl (C=O) groups is 1. The number of nitrogens with two attached hydrogens (primary N) is 1. The van der Waals surface area contributed by atoms with Gasteiger partial charge < -0.3 is 20.5 Å². The number of aromatic nitrogens is 1. The molecule has 0 spiro atoms. The standard InChI is InChI=1S/C12H17N3O3/c13-10-4-1-5-11(14-10)15-6-2-3-9(7-15)18-8-12(16)17/h1,4-5,9H,2-3,6-8H2,(H2,13,14)(H,16,17)/t9-/m0/s1. The van der Waals surface area contributed by atoms with E-state index < -0.39 is 5.97 Å². The Labute approximate surface area is 105 Å². The molecule has 1 aromatic heterocycles. The van der Waals surface area contributed by atoms with E-state index in [0.29, 0.717) is 12.4 Å². The number of nitrogens with zero attached hydrogens (tertiary/aromatic N) is 2. The van der Waals surface area contributed by atoms with Crippen LogP contribution in [0.1, 0.15) is 12.8 Å². The van der Waals surface area contributed by atoms with E-state index in [0.717, 1.165) is 25.2 Å². The van der Waals surface area contributed by atoms with Gasteiger partial charge in [0.15, 0.2) is 0 Å². The van der Waals surface area contributed by atoms with Crippen LogP contribution in [0.25, 0.3) is 0 Å². The lowest BCUT2D eigenvalue weighted by Crippen LogP contribution is -2.40. The molecule has 1 aliphatic rings. The summed E-state index contributed by atoms with van der Waals surface area (Å²) in [5, 5.41) is 8.60. The van der Waals surface area contributed by atoms with Gasteiger partial charge in [0, 0.05) is 13.1 Å². The molecule has 0 unspecified atom stereocenters. The van der Waals surface area contributed by atoms with Gasteiger partial charge in [-0.25, -0.2) is 9.78 Å². The highest BCUT2D eigenvalue weighted by Gasteiger charge is 2.22. The van der Waals surface area contributed by atoms with Crippen LogP contribution in [-0.2, 0) is 9.53 Å². The number of nitrogen functional groups attached to an aromatic ring is 1. The zero-order valence-electron chi connectivity index (χ0n) is 10.1. The summed E-state index contributed by atoms with van der Waals surface area (Å²) in [5.74, 6) is 0.369. The lowest BCUT2D eigenvalue weighted by molar-refractivity contribution is -0.144. The van der Waals surface area contributed by atoms with Crippen LogP contribution in [0.15, 0.2) is 18.2 Å². The molecule has 98 valence electrons. The molecule has 6 nitrogen and oxygen atoms in total. The Morgan fingerprint density at radius 1 is 1.61 bits per heavy atom. The fourth-order valence-corrected chi connectivity index (χ4v) is 2.09. The Balaban J connectivity index is 1.96. The van der Waals surface area contributed by atoms with Gasteiger partial charge in [0.1, 0.15) is 18.2 Å². The van der Waals surface area contributed by atoms with Gasteiger partial charge in [-0.15, -0.1) is 0 Å². The second kappa shape index (κ2) is 5.68. The van der Waals surface area contributed by atoms with Crippen LogP contribution in [-0.4, -0.2) is 41.9 Å². The van der Waals surface area contributed by atoms with Crippen LogP contribution in [0.3, 0.4) is 0 Å². The van der Waals surface area contributed by atoms with Gasteiger partial charge in [-0.2, -0.15) is 0 Å². The molecule has 0 bridgehead atoms. The van der Waals surface area contributed by atoms with Crippen LogP contribution in [0, 0.1) is 0 Å². The third-order valence-corrected chi connectivity index (χ3v) is 2.90. The molecule has 1 aliphatic heterocycles. The van der Waals surface area contributed by atoms with Crippen LogP contribution < -0.4 is 10.6 Å². The maximum Gasteiger partial charge on any atom is 0.329 e. The largest absolute Gasteiger partial charge is 0.480 e. The van der Waals surface area contributed by atoms with Gasteiger partial charge in [0.05, 0.1) is 6.10 Å². The molecular weight excluding hydrogens is 234 g/mol. The third kappa shape index (κ3) is 3.33. The van der Waals surface area contributed by atoms with Gasteiger partial charge in [-0.3, -0.25) is 0 Å². The Bertz CT molecular complexity index is 425. The highest BCUT2D eigenvalue weighted by atomic mass is 16.5. The summed E-state index contributed by atoms with van der Waals surface area (Å²) in [6.45, 7) is 1.30. The molecule has 1 fully saturated rings. The molecule has 6 heteroatoms. The molecule has 0 aliphatic carbocycles. The first-order valence-electron chi connectivity index (χ1n) is 5.96. The molecule has 18 heavy (non-hydrogen) atoms. The lowest BCUT2D eigenvalue weighted by atomic mass is 10.1. The molecule has 1 saturated heterocycles. The van der Waals surface area contributed by atoms with E-state index >= 15 is 0 Å². The monoisotopic (exact) mass is 251 g/mol. The highest BCUT2D eigenvalue weighted by Crippen LogP contribution is 2.20. The van der Waals surface area contributed by atoms with Crippen LogP contribution >= 0.6 is 0 Å². The topological polar surface area (TPSA) is 88.7 Å². The van der Waals surface area contributed by atoms with Crippen molar-refractivity contribution in [3.8, 4) is 0 Å². The average molecular weight is 251 g/mol. The van der Waals surface area contributed by atoms with Gasteiger partial charge in [0.25, 0.3) is 0 Å². The Morgan fingerprint density at radius 2 is 2.44 bits per heavy atom. The zero-order valence-corrected chi connectivity index (χ0v) is 10.1. The second-order valence-electron chi connectivity index (χ2n) is 4.34. The van der Waals surface area contributed by atoms with Crippen LogP contribution in [0.4, 0.5) is 11.6 Å². The predicted molar refractivity (Wildman–Crippen MR) is 67.5 cm³/mol. The highest BCUT2D eigenvalue weighted by molar-refractivity contribution is 5.68. The molecular formula is C12H17N3O3. The first kappa shape index (κ1) is 12.6. The van der Waals surface area contributed by atoms with Crippen LogP contribution in [0.2, 0.25) is 0 Å². The minimum Gasteiger partial charge on any atom is -0.480 e. The van der Waals surface area contributed by atoms with Gasteiger partial charge in [-0.1, -0.05) is 6.07 Å². The summed E-state index contributed by atoms with van der Waals surface area (Å²) in [6.07, 6.45) is 1.78. The van der Waals surface area contributed by atoms with Crippen molar-refractivity contribution in [2.24, 2.45) is 0 Å². The van der Waals surface area contributed by atoms with Crippen molar-refractivity contribution in [3.63, 3.8) is 0 Å². The number of hydrogen-bond acceptors (Lipinski definition) is 5. The zero-order chi connectivity index (χ0) is 13.0. The van der Waals surface area contributed by atoms with E-state index in [-0.39, 0.29) is 12.7 Å². The first-order chi connectivity index (χ1) is 8.65. The summed E-state index contributed by atoms with van der Waals surface area (Å²) in [6, 6.07) is 5.50. The summed E-state index contributed by atoms with van der Waals surface area (Å²) < 4.78 is 5.33. The fraction of sp³-hybridized carbons (Fsp3) is 0.500. The number of aliphatic carboxylic acids is 1.